The molecule has 20 heavy (non-hydrogen) atoms. The van der Waals surface area contributed by atoms with Gasteiger partial charge in [0.2, 0.25) is 5.91 Å². The molecule has 1 heterocycles. The molecular formula is C15H23ClN2O2. The molecule has 1 aliphatic rings. The Kier molecular flexibility index (Phi) is 6.82. The molecule has 2 rings (SSSR count). The lowest BCUT2D eigenvalue weighted by Crippen LogP contribution is -2.33. The summed E-state index contributed by atoms with van der Waals surface area (Å²) in [6, 6.07) is 8.38. The summed E-state index contributed by atoms with van der Waals surface area (Å²) in [5.41, 5.74) is 1.18. The summed E-state index contributed by atoms with van der Waals surface area (Å²) in [5.74, 6) is 1.11. The van der Waals surface area contributed by atoms with E-state index in [4.69, 9.17) is 4.74 Å². The molecule has 4 nitrogen and oxygen atoms in total. The molecule has 1 N–H and O–H groups in total. The van der Waals surface area contributed by atoms with Gasteiger partial charge in [0.15, 0.2) is 0 Å². The highest BCUT2D eigenvalue weighted by Gasteiger charge is 2.24. The van der Waals surface area contributed by atoms with E-state index in [1.165, 1.54) is 5.56 Å². The number of hydrogen-bond acceptors (Lipinski definition) is 3. The molecule has 1 unspecified atom stereocenters. The van der Waals surface area contributed by atoms with Crippen molar-refractivity contribution in [3.8, 4) is 5.75 Å². The van der Waals surface area contributed by atoms with E-state index in [2.05, 4.69) is 5.32 Å². The van der Waals surface area contributed by atoms with Crippen LogP contribution in [0.1, 0.15) is 18.4 Å². The topological polar surface area (TPSA) is 41.6 Å². The van der Waals surface area contributed by atoms with Crippen LogP contribution in [0.25, 0.3) is 0 Å². The van der Waals surface area contributed by atoms with Crippen molar-refractivity contribution in [2.45, 2.75) is 25.3 Å². The van der Waals surface area contributed by atoms with Crippen molar-refractivity contribution in [1.29, 1.82) is 0 Å². The zero-order valence-electron chi connectivity index (χ0n) is 12.1. The third-order valence-electron chi connectivity index (χ3n) is 3.74. The minimum atomic E-state index is 0. The Balaban J connectivity index is 0.00000200. The molecule has 0 aliphatic carbocycles. The Hall–Kier alpha value is -1.26. The first-order valence-corrected chi connectivity index (χ1v) is 6.81. The average Bonchev–Trinajstić information content (AvgIpc) is 2.94. The third kappa shape index (κ3) is 4.39. The van der Waals surface area contributed by atoms with E-state index >= 15 is 0 Å². The van der Waals surface area contributed by atoms with Crippen molar-refractivity contribution < 1.29 is 9.53 Å². The van der Waals surface area contributed by atoms with Gasteiger partial charge in [-0.3, -0.25) is 4.79 Å². The number of benzene rings is 1. The average molecular weight is 299 g/mol. The third-order valence-corrected chi connectivity index (χ3v) is 3.74. The molecule has 0 radical (unpaired) electrons. The molecule has 1 amide bonds. The number of rotatable bonds is 5. The SMILES string of the molecule is CNC1CCN(C(=O)CCc2ccc(OC)cc2)C1.Cl. The summed E-state index contributed by atoms with van der Waals surface area (Å²) in [4.78, 5) is 14.0. The molecule has 0 saturated carbocycles. The Morgan fingerprint density at radius 1 is 1.40 bits per heavy atom. The highest BCUT2D eigenvalue weighted by molar-refractivity contribution is 5.85. The summed E-state index contributed by atoms with van der Waals surface area (Å²) in [5, 5.41) is 3.23. The molecule has 0 bridgehead atoms. The van der Waals surface area contributed by atoms with Crippen LogP contribution in [-0.4, -0.2) is 44.1 Å². The number of ether oxygens (including phenoxy) is 1. The van der Waals surface area contributed by atoms with Crippen molar-refractivity contribution in [3.05, 3.63) is 29.8 Å². The Morgan fingerprint density at radius 2 is 2.10 bits per heavy atom. The maximum atomic E-state index is 12.1. The number of halogens is 1. The van der Waals surface area contributed by atoms with E-state index in [1.54, 1.807) is 7.11 Å². The van der Waals surface area contributed by atoms with Gasteiger partial charge in [0, 0.05) is 25.6 Å². The first-order chi connectivity index (χ1) is 9.22. The number of carbonyl (C=O) groups is 1. The number of methoxy groups -OCH3 is 1. The molecule has 5 heteroatoms. The fourth-order valence-corrected chi connectivity index (χ4v) is 2.42. The van der Waals surface area contributed by atoms with Gasteiger partial charge in [0.05, 0.1) is 7.11 Å². The maximum Gasteiger partial charge on any atom is 0.222 e. The second-order valence-corrected chi connectivity index (χ2v) is 4.96. The van der Waals surface area contributed by atoms with Gasteiger partial charge in [-0.15, -0.1) is 12.4 Å². The van der Waals surface area contributed by atoms with Crippen LogP contribution in [-0.2, 0) is 11.2 Å². The van der Waals surface area contributed by atoms with Crippen LogP contribution in [0.2, 0.25) is 0 Å². The number of aryl methyl sites for hydroxylation is 1. The van der Waals surface area contributed by atoms with Crippen molar-refractivity contribution >= 4 is 18.3 Å². The van der Waals surface area contributed by atoms with Crippen LogP contribution in [0.4, 0.5) is 0 Å². The molecule has 1 atom stereocenters. The van der Waals surface area contributed by atoms with E-state index in [0.717, 1.165) is 31.7 Å². The predicted molar refractivity (Wildman–Crippen MR) is 82.6 cm³/mol. The number of amides is 1. The van der Waals surface area contributed by atoms with Crippen LogP contribution >= 0.6 is 12.4 Å². The highest BCUT2D eigenvalue weighted by atomic mass is 35.5. The maximum absolute atomic E-state index is 12.1. The van der Waals surface area contributed by atoms with Crippen LogP contribution < -0.4 is 10.1 Å². The quantitative estimate of drug-likeness (QED) is 0.902. The number of carbonyl (C=O) groups excluding carboxylic acids is 1. The van der Waals surface area contributed by atoms with Gasteiger partial charge in [-0.05, 0) is 37.6 Å². The summed E-state index contributed by atoms with van der Waals surface area (Å²) >= 11 is 0. The Bertz CT molecular complexity index is 422. The van der Waals surface area contributed by atoms with E-state index in [9.17, 15) is 4.79 Å². The van der Waals surface area contributed by atoms with Gasteiger partial charge < -0.3 is 15.0 Å². The Labute approximate surface area is 126 Å². The Morgan fingerprint density at radius 3 is 2.65 bits per heavy atom. The monoisotopic (exact) mass is 298 g/mol. The van der Waals surface area contributed by atoms with Gasteiger partial charge >= 0.3 is 0 Å². The van der Waals surface area contributed by atoms with Crippen LogP contribution in [0.3, 0.4) is 0 Å². The minimum absolute atomic E-state index is 0. The fraction of sp³-hybridized carbons (Fsp3) is 0.533. The van der Waals surface area contributed by atoms with Crippen molar-refractivity contribution in [1.82, 2.24) is 10.2 Å². The first-order valence-electron chi connectivity index (χ1n) is 6.81. The van der Waals surface area contributed by atoms with Crippen LogP contribution in [0, 0.1) is 0 Å². The lowest BCUT2D eigenvalue weighted by atomic mass is 10.1. The standard InChI is InChI=1S/C15H22N2O2.ClH/c1-16-13-9-10-17(11-13)15(18)8-5-12-3-6-14(19-2)7-4-12;/h3-4,6-7,13,16H,5,8-11H2,1-2H3;1H. The number of likely N-dealkylation sites (tertiary alicyclic amines) is 1. The number of nitrogens with zero attached hydrogens (tertiary/aromatic N) is 1. The largest absolute Gasteiger partial charge is 0.497 e. The smallest absolute Gasteiger partial charge is 0.222 e. The van der Waals surface area contributed by atoms with Crippen molar-refractivity contribution in [2.24, 2.45) is 0 Å². The van der Waals surface area contributed by atoms with Gasteiger partial charge in [-0.25, -0.2) is 0 Å². The van der Waals surface area contributed by atoms with Gasteiger partial charge in [-0.2, -0.15) is 0 Å². The van der Waals surface area contributed by atoms with Crippen molar-refractivity contribution in [3.63, 3.8) is 0 Å². The molecule has 1 fully saturated rings. The van der Waals surface area contributed by atoms with E-state index in [1.807, 2.05) is 36.2 Å². The molecule has 1 saturated heterocycles. The number of nitrogens with one attached hydrogen (secondary N) is 1. The zero-order chi connectivity index (χ0) is 13.7. The van der Waals surface area contributed by atoms with Gasteiger partial charge in [-0.1, -0.05) is 12.1 Å². The van der Waals surface area contributed by atoms with Crippen LogP contribution in [0.5, 0.6) is 5.75 Å². The van der Waals surface area contributed by atoms with Crippen molar-refractivity contribution in [2.75, 3.05) is 27.2 Å². The molecule has 112 valence electrons. The normalized spacial score (nSPS) is 17.7. The lowest BCUT2D eigenvalue weighted by Gasteiger charge is -2.16. The van der Waals surface area contributed by atoms with Gasteiger partial charge in [0.1, 0.15) is 5.75 Å². The molecular weight excluding hydrogens is 276 g/mol. The van der Waals surface area contributed by atoms with E-state index in [0.29, 0.717) is 12.5 Å². The predicted octanol–water partition coefficient (Wildman–Crippen LogP) is 1.87. The lowest BCUT2D eigenvalue weighted by molar-refractivity contribution is -0.130. The molecule has 0 spiro atoms. The second kappa shape index (κ2) is 8.12. The minimum Gasteiger partial charge on any atom is -0.497 e. The summed E-state index contributed by atoms with van der Waals surface area (Å²) in [6.07, 6.45) is 2.44. The first kappa shape index (κ1) is 16.8. The number of likely N-dealkylation sites (N-methyl/N-ethyl adjacent to an activating group) is 1. The summed E-state index contributed by atoms with van der Waals surface area (Å²) in [6.45, 7) is 1.73. The molecule has 1 aromatic rings. The summed E-state index contributed by atoms with van der Waals surface area (Å²) < 4.78 is 5.12. The molecule has 1 aromatic carbocycles. The van der Waals surface area contributed by atoms with Gasteiger partial charge in [0.25, 0.3) is 0 Å². The molecule has 1 aliphatic heterocycles. The van der Waals surface area contributed by atoms with E-state index < -0.39 is 0 Å². The summed E-state index contributed by atoms with van der Waals surface area (Å²) in [7, 11) is 3.61. The zero-order valence-corrected chi connectivity index (χ0v) is 12.9. The highest BCUT2D eigenvalue weighted by Crippen LogP contribution is 2.15. The van der Waals surface area contributed by atoms with Crippen LogP contribution in [0.15, 0.2) is 24.3 Å². The second-order valence-electron chi connectivity index (χ2n) is 4.96. The number of hydrogen-bond donors (Lipinski definition) is 1. The fourth-order valence-electron chi connectivity index (χ4n) is 2.42. The molecule has 0 aromatic heterocycles. The van der Waals surface area contributed by atoms with E-state index in [-0.39, 0.29) is 18.3 Å².